The summed E-state index contributed by atoms with van der Waals surface area (Å²) in [5.74, 6) is -0.238. The highest BCUT2D eigenvalue weighted by Gasteiger charge is 2.11. The van der Waals surface area contributed by atoms with Crippen molar-refractivity contribution in [1.29, 1.82) is 0 Å². The molecule has 0 bridgehead atoms. The van der Waals surface area contributed by atoms with Crippen LogP contribution in [-0.4, -0.2) is 30.6 Å². The molecule has 18 heavy (non-hydrogen) atoms. The molecule has 0 saturated heterocycles. The lowest BCUT2D eigenvalue weighted by Crippen LogP contribution is -2.40. The molecule has 0 atom stereocenters. The van der Waals surface area contributed by atoms with E-state index in [2.05, 4.69) is 31.0 Å². The molecule has 4 heteroatoms. The summed E-state index contributed by atoms with van der Waals surface area (Å²) in [7, 11) is 1.97. The van der Waals surface area contributed by atoms with E-state index >= 15 is 0 Å². The van der Waals surface area contributed by atoms with Crippen molar-refractivity contribution in [3.8, 4) is 0 Å². The van der Waals surface area contributed by atoms with Crippen molar-refractivity contribution in [2.75, 3.05) is 20.1 Å². The fourth-order valence-corrected chi connectivity index (χ4v) is 1.88. The molecule has 0 amide bonds. The number of halogens is 2. The van der Waals surface area contributed by atoms with Gasteiger partial charge in [0.2, 0.25) is 0 Å². The zero-order chi connectivity index (χ0) is 13.8. The lowest BCUT2D eigenvalue weighted by atomic mass is 10.1. The summed E-state index contributed by atoms with van der Waals surface area (Å²) in [5.41, 5.74) is 0.675. The van der Waals surface area contributed by atoms with Crippen LogP contribution in [0, 0.1) is 5.82 Å². The van der Waals surface area contributed by atoms with Crippen molar-refractivity contribution >= 4 is 11.6 Å². The van der Waals surface area contributed by atoms with Crippen LogP contribution in [0.4, 0.5) is 4.39 Å². The SMILES string of the molecule is CN(CCNC(C)(C)C)Cc1c(F)cccc1Cl. The first-order valence-corrected chi connectivity index (χ1v) is 6.54. The van der Waals surface area contributed by atoms with Gasteiger partial charge >= 0.3 is 0 Å². The van der Waals surface area contributed by atoms with Crippen molar-refractivity contribution in [2.45, 2.75) is 32.9 Å². The molecule has 0 saturated carbocycles. The Morgan fingerprint density at radius 1 is 1.33 bits per heavy atom. The standard InChI is InChI=1S/C14H22ClFN2/c1-14(2,3)17-8-9-18(4)10-11-12(15)6-5-7-13(11)16/h5-7,17H,8-10H2,1-4H3. The van der Waals surface area contributed by atoms with E-state index in [0.717, 1.165) is 13.1 Å². The van der Waals surface area contributed by atoms with Gasteiger partial charge in [-0.2, -0.15) is 0 Å². The van der Waals surface area contributed by atoms with Gasteiger partial charge < -0.3 is 10.2 Å². The van der Waals surface area contributed by atoms with Crippen LogP contribution in [0.5, 0.6) is 0 Å². The Balaban J connectivity index is 2.47. The predicted octanol–water partition coefficient (Wildman–Crippen LogP) is 3.30. The first-order chi connectivity index (χ1) is 8.29. The van der Waals surface area contributed by atoms with Crippen molar-refractivity contribution in [1.82, 2.24) is 10.2 Å². The molecule has 0 aliphatic heterocycles. The maximum absolute atomic E-state index is 13.6. The Labute approximate surface area is 114 Å². The molecule has 1 aromatic carbocycles. The quantitative estimate of drug-likeness (QED) is 0.885. The molecule has 102 valence electrons. The van der Waals surface area contributed by atoms with E-state index in [1.54, 1.807) is 12.1 Å². The van der Waals surface area contributed by atoms with Crippen molar-refractivity contribution in [2.24, 2.45) is 0 Å². The normalized spacial score (nSPS) is 12.2. The van der Waals surface area contributed by atoms with Crippen LogP contribution in [0.2, 0.25) is 5.02 Å². The Morgan fingerprint density at radius 3 is 2.56 bits per heavy atom. The van der Waals surface area contributed by atoms with E-state index in [1.807, 2.05) is 7.05 Å². The second-order valence-electron chi connectivity index (χ2n) is 5.61. The first kappa shape index (κ1) is 15.4. The molecule has 0 radical (unpaired) electrons. The average Bonchev–Trinajstić information content (AvgIpc) is 2.22. The van der Waals surface area contributed by atoms with E-state index < -0.39 is 0 Å². The van der Waals surface area contributed by atoms with Crippen LogP contribution in [-0.2, 0) is 6.54 Å². The molecular formula is C14H22ClFN2. The fourth-order valence-electron chi connectivity index (χ4n) is 1.65. The summed E-state index contributed by atoms with van der Waals surface area (Å²) in [6.07, 6.45) is 0. The second-order valence-corrected chi connectivity index (χ2v) is 6.02. The molecule has 0 aromatic heterocycles. The van der Waals surface area contributed by atoms with E-state index in [9.17, 15) is 4.39 Å². The molecule has 0 unspecified atom stereocenters. The zero-order valence-electron chi connectivity index (χ0n) is 11.6. The summed E-state index contributed by atoms with van der Waals surface area (Å²) < 4.78 is 13.6. The number of nitrogens with one attached hydrogen (secondary N) is 1. The molecule has 0 aliphatic rings. The van der Waals surface area contributed by atoms with Crippen molar-refractivity contribution in [3.05, 3.63) is 34.6 Å². The number of likely N-dealkylation sites (N-methyl/N-ethyl adjacent to an activating group) is 1. The molecule has 2 nitrogen and oxygen atoms in total. The number of benzene rings is 1. The Morgan fingerprint density at radius 2 is 2.00 bits per heavy atom. The lowest BCUT2D eigenvalue weighted by molar-refractivity contribution is 0.299. The van der Waals surface area contributed by atoms with Crippen LogP contribution in [0.3, 0.4) is 0 Å². The smallest absolute Gasteiger partial charge is 0.129 e. The topological polar surface area (TPSA) is 15.3 Å². The van der Waals surface area contributed by atoms with Gasteiger partial charge in [0.05, 0.1) is 0 Å². The maximum atomic E-state index is 13.6. The largest absolute Gasteiger partial charge is 0.311 e. The average molecular weight is 273 g/mol. The second kappa shape index (κ2) is 6.50. The number of hydrogen-bond acceptors (Lipinski definition) is 2. The third kappa shape index (κ3) is 5.34. The highest BCUT2D eigenvalue weighted by Crippen LogP contribution is 2.20. The number of nitrogens with zero attached hydrogens (tertiary/aromatic N) is 1. The summed E-state index contributed by atoms with van der Waals surface area (Å²) in [5, 5.41) is 3.89. The summed E-state index contributed by atoms with van der Waals surface area (Å²) in [6, 6.07) is 4.80. The summed E-state index contributed by atoms with van der Waals surface area (Å²) in [6.45, 7) is 8.62. The Bertz CT molecular complexity index is 368. The number of rotatable bonds is 5. The zero-order valence-corrected chi connectivity index (χ0v) is 12.3. The molecular weight excluding hydrogens is 251 g/mol. The maximum Gasteiger partial charge on any atom is 0.129 e. The Kier molecular flexibility index (Phi) is 5.57. The molecule has 1 aromatic rings. The van der Waals surface area contributed by atoms with E-state index in [4.69, 9.17) is 11.6 Å². The third-order valence-corrected chi connectivity index (χ3v) is 2.99. The lowest BCUT2D eigenvalue weighted by Gasteiger charge is -2.24. The van der Waals surface area contributed by atoms with Crippen molar-refractivity contribution in [3.63, 3.8) is 0 Å². The molecule has 1 rings (SSSR count). The van der Waals surface area contributed by atoms with Gasteiger partial charge in [-0.1, -0.05) is 17.7 Å². The minimum Gasteiger partial charge on any atom is -0.311 e. The minimum absolute atomic E-state index is 0.108. The van der Waals surface area contributed by atoms with Gasteiger partial charge in [-0.05, 0) is 40.0 Å². The van der Waals surface area contributed by atoms with Gasteiger partial charge in [0.1, 0.15) is 5.82 Å². The molecule has 0 heterocycles. The van der Waals surface area contributed by atoms with Gasteiger partial charge in [-0.25, -0.2) is 4.39 Å². The molecule has 0 spiro atoms. The minimum atomic E-state index is -0.238. The van der Waals surface area contributed by atoms with E-state index in [0.29, 0.717) is 17.1 Å². The number of hydrogen-bond donors (Lipinski definition) is 1. The van der Waals surface area contributed by atoms with Crippen LogP contribution in [0.15, 0.2) is 18.2 Å². The third-order valence-electron chi connectivity index (χ3n) is 2.64. The highest BCUT2D eigenvalue weighted by atomic mass is 35.5. The first-order valence-electron chi connectivity index (χ1n) is 6.16. The van der Waals surface area contributed by atoms with Crippen LogP contribution in [0.25, 0.3) is 0 Å². The monoisotopic (exact) mass is 272 g/mol. The van der Waals surface area contributed by atoms with Crippen LogP contribution in [0.1, 0.15) is 26.3 Å². The Hall–Kier alpha value is -0.640. The van der Waals surface area contributed by atoms with Gasteiger partial charge in [0.15, 0.2) is 0 Å². The molecule has 0 aliphatic carbocycles. The predicted molar refractivity (Wildman–Crippen MR) is 75.5 cm³/mol. The van der Waals surface area contributed by atoms with Crippen LogP contribution < -0.4 is 5.32 Å². The van der Waals surface area contributed by atoms with Gasteiger partial charge in [0, 0.05) is 35.8 Å². The fraction of sp³-hybridized carbons (Fsp3) is 0.571. The van der Waals surface area contributed by atoms with E-state index in [-0.39, 0.29) is 11.4 Å². The highest BCUT2D eigenvalue weighted by molar-refractivity contribution is 6.31. The molecule has 0 fully saturated rings. The van der Waals surface area contributed by atoms with E-state index in [1.165, 1.54) is 6.07 Å². The van der Waals surface area contributed by atoms with Crippen LogP contribution >= 0.6 is 11.6 Å². The van der Waals surface area contributed by atoms with Gasteiger partial charge in [-0.15, -0.1) is 0 Å². The van der Waals surface area contributed by atoms with Crippen molar-refractivity contribution < 1.29 is 4.39 Å². The summed E-state index contributed by atoms with van der Waals surface area (Å²) >= 11 is 6.00. The molecule has 1 N–H and O–H groups in total. The summed E-state index contributed by atoms with van der Waals surface area (Å²) in [4.78, 5) is 2.06. The van der Waals surface area contributed by atoms with Gasteiger partial charge in [0.25, 0.3) is 0 Å². The van der Waals surface area contributed by atoms with Gasteiger partial charge in [-0.3, -0.25) is 0 Å².